The number of piperidine rings is 1. The van der Waals surface area contributed by atoms with E-state index in [4.69, 9.17) is 4.74 Å². The van der Waals surface area contributed by atoms with Crippen LogP contribution in [0.25, 0.3) is 0 Å². The van der Waals surface area contributed by atoms with Crippen LogP contribution >= 0.6 is 0 Å². The van der Waals surface area contributed by atoms with Gasteiger partial charge in [-0.2, -0.15) is 0 Å². The first-order chi connectivity index (χ1) is 10.3. The molecule has 1 spiro atoms. The quantitative estimate of drug-likeness (QED) is 0.570. The number of hydrogen-bond acceptors (Lipinski definition) is 3. The zero-order valence-electron chi connectivity index (χ0n) is 14.7. The molecule has 3 nitrogen and oxygen atoms in total. The summed E-state index contributed by atoms with van der Waals surface area (Å²) in [5.41, 5.74) is 1.78. The number of rotatable bonds is 6. The Balaban J connectivity index is 0.00000106. The fourth-order valence-corrected chi connectivity index (χ4v) is 3.03. The first-order valence-electron chi connectivity index (χ1n) is 8.83. The first kappa shape index (κ1) is 18.2. The van der Waals surface area contributed by atoms with Crippen molar-refractivity contribution in [1.82, 2.24) is 5.32 Å². The molecule has 1 saturated carbocycles. The molecule has 1 aliphatic carbocycles. The normalized spacial score (nSPS) is 24.3. The average molecular weight is 294 g/mol. The fraction of sp³-hybridized carbons (Fsp3) is 0.833. The summed E-state index contributed by atoms with van der Waals surface area (Å²) in [5.74, 6) is 0.907. The molecular formula is C18H34N2O. The summed E-state index contributed by atoms with van der Waals surface area (Å²) in [6.45, 7) is 12.6. The Morgan fingerprint density at radius 3 is 2.57 bits per heavy atom. The Labute approximate surface area is 131 Å². The van der Waals surface area contributed by atoms with E-state index in [1.54, 1.807) is 0 Å². The monoisotopic (exact) mass is 294 g/mol. The van der Waals surface area contributed by atoms with Crippen molar-refractivity contribution < 1.29 is 4.74 Å². The van der Waals surface area contributed by atoms with E-state index in [2.05, 4.69) is 24.2 Å². The predicted molar refractivity (Wildman–Crippen MR) is 91.8 cm³/mol. The van der Waals surface area contributed by atoms with Gasteiger partial charge in [-0.1, -0.05) is 34.1 Å². The van der Waals surface area contributed by atoms with E-state index in [-0.39, 0.29) is 0 Å². The third-order valence-corrected chi connectivity index (χ3v) is 4.42. The topological polar surface area (TPSA) is 33.6 Å². The second-order valence-corrected chi connectivity index (χ2v) is 5.83. The van der Waals surface area contributed by atoms with Crippen LogP contribution in [0.2, 0.25) is 0 Å². The Morgan fingerprint density at radius 2 is 2.05 bits per heavy atom. The maximum absolute atomic E-state index is 6.36. The molecule has 3 heteroatoms. The van der Waals surface area contributed by atoms with Gasteiger partial charge in [0.15, 0.2) is 0 Å². The molecule has 1 heterocycles. The van der Waals surface area contributed by atoms with Gasteiger partial charge < -0.3 is 10.1 Å². The number of aliphatic imine (C=N–C) groups is 1. The zero-order chi connectivity index (χ0) is 15.7. The van der Waals surface area contributed by atoms with Gasteiger partial charge in [0.1, 0.15) is 6.10 Å². The van der Waals surface area contributed by atoms with E-state index in [1.165, 1.54) is 18.4 Å². The summed E-state index contributed by atoms with van der Waals surface area (Å²) < 4.78 is 6.36. The molecule has 1 atom stereocenters. The number of allylic oxidation sites excluding steroid dienone is 1. The summed E-state index contributed by atoms with van der Waals surface area (Å²) in [5, 5.41) is 3.51. The Morgan fingerprint density at radius 1 is 1.33 bits per heavy atom. The summed E-state index contributed by atoms with van der Waals surface area (Å²) >= 11 is 0. The van der Waals surface area contributed by atoms with Crippen molar-refractivity contribution in [3.8, 4) is 0 Å². The van der Waals surface area contributed by atoms with Crippen LogP contribution in [0.4, 0.5) is 0 Å². The Bertz CT molecular complexity index is 356. The predicted octanol–water partition coefficient (Wildman–Crippen LogP) is 4.68. The fourth-order valence-electron chi connectivity index (χ4n) is 3.03. The molecular weight excluding hydrogens is 260 g/mol. The number of hydrogen-bond donors (Lipinski definition) is 1. The van der Waals surface area contributed by atoms with Crippen LogP contribution in [0.1, 0.15) is 73.1 Å². The van der Waals surface area contributed by atoms with Crippen molar-refractivity contribution in [3.63, 3.8) is 0 Å². The highest BCUT2D eigenvalue weighted by atomic mass is 16.5. The minimum Gasteiger partial charge on any atom is -0.474 e. The lowest BCUT2D eigenvalue weighted by molar-refractivity contribution is 0.0257. The molecule has 2 fully saturated rings. The van der Waals surface area contributed by atoms with Crippen molar-refractivity contribution >= 4 is 6.21 Å². The van der Waals surface area contributed by atoms with Gasteiger partial charge in [0.25, 0.3) is 0 Å². The molecule has 2 aliphatic rings. The standard InChI is InChI=1S/C16H28N2O.C2H6/c1-4-7-13(5-2)15(18-6-3)19-14-8-11-17-12-16(14)9-10-16;1-2/h6,14,17H,4-5,7-12H2,1-3H3;1-2H3/b15-13-,18-6-;. The molecule has 0 radical (unpaired) electrons. The molecule has 0 aromatic rings. The lowest BCUT2D eigenvalue weighted by Crippen LogP contribution is -2.42. The third-order valence-electron chi connectivity index (χ3n) is 4.42. The van der Waals surface area contributed by atoms with Gasteiger partial charge >= 0.3 is 0 Å². The highest BCUT2D eigenvalue weighted by Gasteiger charge is 2.52. The van der Waals surface area contributed by atoms with Gasteiger partial charge in [-0.25, -0.2) is 4.99 Å². The van der Waals surface area contributed by atoms with Crippen LogP contribution in [0.3, 0.4) is 0 Å². The maximum Gasteiger partial charge on any atom is 0.212 e. The summed E-state index contributed by atoms with van der Waals surface area (Å²) in [4.78, 5) is 4.51. The van der Waals surface area contributed by atoms with Crippen molar-refractivity contribution in [2.24, 2.45) is 10.4 Å². The molecule has 0 amide bonds. The summed E-state index contributed by atoms with van der Waals surface area (Å²) in [6, 6.07) is 0. The number of ether oxygens (including phenoxy) is 1. The lowest BCUT2D eigenvalue weighted by atomic mass is 9.93. The number of nitrogens with one attached hydrogen (secondary N) is 1. The lowest BCUT2D eigenvalue weighted by Gasteiger charge is -2.33. The van der Waals surface area contributed by atoms with Crippen molar-refractivity contribution in [2.45, 2.75) is 79.2 Å². The second kappa shape index (κ2) is 9.24. The van der Waals surface area contributed by atoms with Crippen LogP contribution in [-0.2, 0) is 4.74 Å². The van der Waals surface area contributed by atoms with E-state index in [0.717, 1.165) is 44.7 Å². The van der Waals surface area contributed by atoms with Gasteiger partial charge in [0.2, 0.25) is 5.88 Å². The summed E-state index contributed by atoms with van der Waals surface area (Å²) in [7, 11) is 0. The van der Waals surface area contributed by atoms with Crippen LogP contribution in [0.5, 0.6) is 0 Å². The Hall–Kier alpha value is -0.830. The van der Waals surface area contributed by atoms with E-state index in [1.807, 2.05) is 27.0 Å². The largest absolute Gasteiger partial charge is 0.474 e. The smallest absolute Gasteiger partial charge is 0.212 e. The SMILES string of the molecule is C/C=N\C(OC1CCNCC12CC2)=C(/CC)CCC.CC. The zero-order valence-corrected chi connectivity index (χ0v) is 14.7. The highest BCUT2D eigenvalue weighted by molar-refractivity contribution is 5.55. The van der Waals surface area contributed by atoms with Gasteiger partial charge in [-0.05, 0) is 51.1 Å². The molecule has 0 aromatic heterocycles. The average Bonchev–Trinajstić information content (AvgIpc) is 3.29. The van der Waals surface area contributed by atoms with Crippen molar-refractivity contribution in [1.29, 1.82) is 0 Å². The van der Waals surface area contributed by atoms with E-state index in [0.29, 0.717) is 11.5 Å². The van der Waals surface area contributed by atoms with Gasteiger partial charge in [-0.3, -0.25) is 0 Å². The second-order valence-electron chi connectivity index (χ2n) is 5.83. The molecule has 2 rings (SSSR count). The molecule has 1 aliphatic heterocycles. The highest BCUT2D eigenvalue weighted by Crippen LogP contribution is 2.52. The van der Waals surface area contributed by atoms with Gasteiger partial charge in [-0.15, -0.1) is 0 Å². The Kier molecular flexibility index (Phi) is 8.02. The molecule has 1 unspecified atom stereocenters. The van der Waals surface area contributed by atoms with Gasteiger partial charge in [0, 0.05) is 18.2 Å². The maximum atomic E-state index is 6.36. The molecule has 1 saturated heterocycles. The van der Waals surface area contributed by atoms with Crippen LogP contribution in [-0.4, -0.2) is 25.4 Å². The van der Waals surface area contributed by atoms with Crippen molar-refractivity contribution in [3.05, 3.63) is 11.5 Å². The summed E-state index contributed by atoms with van der Waals surface area (Å²) in [6.07, 6.45) is 9.26. The molecule has 0 bridgehead atoms. The van der Waals surface area contributed by atoms with E-state index in [9.17, 15) is 0 Å². The molecule has 21 heavy (non-hydrogen) atoms. The van der Waals surface area contributed by atoms with Crippen LogP contribution in [0, 0.1) is 5.41 Å². The van der Waals surface area contributed by atoms with Crippen molar-refractivity contribution in [2.75, 3.05) is 13.1 Å². The van der Waals surface area contributed by atoms with Crippen LogP contribution in [0.15, 0.2) is 16.4 Å². The third kappa shape index (κ3) is 4.84. The molecule has 122 valence electrons. The van der Waals surface area contributed by atoms with Gasteiger partial charge in [0.05, 0.1) is 0 Å². The van der Waals surface area contributed by atoms with E-state index >= 15 is 0 Å². The number of nitrogens with zero attached hydrogens (tertiary/aromatic N) is 1. The first-order valence-corrected chi connectivity index (χ1v) is 8.83. The molecule has 0 aromatic carbocycles. The minimum atomic E-state index is 0.367. The molecule has 1 N–H and O–H groups in total. The van der Waals surface area contributed by atoms with Crippen LogP contribution < -0.4 is 5.32 Å². The minimum absolute atomic E-state index is 0.367. The van der Waals surface area contributed by atoms with E-state index < -0.39 is 0 Å².